The summed E-state index contributed by atoms with van der Waals surface area (Å²) in [5.41, 5.74) is 0. The van der Waals surface area contributed by atoms with Crippen molar-refractivity contribution >= 4 is 11.3 Å². The first kappa shape index (κ1) is 10.2. The summed E-state index contributed by atoms with van der Waals surface area (Å²) >= 11 is 2.04. The van der Waals surface area contributed by atoms with E-state index >= 15 is 0 Å². The number of hydrogen-bond donors (Lipinski definition) is 0. The second-order valence-electron chi connectivity index (χ2n) is 4.49. The number of aryl methyl sites for hydroxylation is 1. The van der Waals surface area contributed by atoms with Crippen molar-refractivity contribution in [1.29, 1.82) is 0 Å². The van der Waals surface area contributed by atoms with Crippen LogP contribution in [0.1, 0.15) is 34.9 Å². The molecule has 0 atom stereocenters. The Balaban J connectivity index is 1.78. The van der Waals surface area contributed by atoms with E-state index in [1.54, 1.807) is 9.75 Å². The van der Waals surface area contributed by atoms with E-state index in [1.165, 1.54) is 32.2 Å². The molecule has 2 heteroatoms. The molecule has 1 fully saturated rings. The van der Waals surface area contributed by atoms with Crippen LogP contribution >= 0.6 is 11.3 Å². The third-order valence-electron chi connectivity index (χ3n) is 2.69. The van der Waals surface area contributed by atoms with Gasteiger partial charge in [0.15, 0.2) is 0 Å². The third-order valence-corrected chi connectivity index (χ3v) is 4.00. The Hall–Kier alpha value is -0.340. The zero-order chi connectivity index (χ0) is 9.97. The van der Waals surface area contributed by atoms with Gasteiger partial charge in [-0.25, -0.2) is 0 Å². The third kappa shape index (κ3) is 2.82. The summed E-state index contributed by atoms with van der Waals surface area (Å²) in [4.78, 5) is 5.47. The molecule has 0 aromatic carbocycles. The highest BCUT2D eigenvalue weighted by Crippen LogP contribution is 2.43. The molecule has 0 radical (unpaired) electrons. The first-order chi connectivity index (χ1) is 6.75. The van der Waals surface area contributed by atoms with Gasteiger partial charge in [0.05, 0.1) is 0 Å². The fraction of sp³-hybridized carbons (Fsp3) is 0.667. The molecule has 14 heavy (non-hydrogen) atoms. The zero-order valence-corrected chi connectivity index (χ0v) is 9.94. The molecule has 1 nitrogen and oxygen atoms in total. The predicted octanol–water partition coefficient (Wildman–Crippen LogP) is 3.12. The molecule has 0 unspecified atom stereocenters. The van der Waals surface area contributed by atoms with E-state index in [1.807, 2.05) is 11.3 Å². The summed E-state index contributed by atoms with van der Waals surface area (Å²) in [6.07, 6.45) is 5.41. The van der Waals surface area contributed by atoms with Crippen LogP contribution in [0.5, 0.6) is 0 Å². The maximum absolute atomic E-state index is 2.34. The lowest BCUT2D eigenvalue weighted by molar-refractivity contribution is 0.401. The van der Waals surface area contributed by atoms with E-state index in [0.717, 1.165) is 5.92 Å². The molecule has 1 saturated carbocycles. The van der Waals surface area contributed by atoms with E-state index < -0.39 is 0 Å². The number of nitrogens with zero attached hydrogens (tertiary/aromatic N) is 1. The Bertz CT molecular complexity index is 286. The monoisotopic (exact) mass is 209 g/mol. The van der Waals surface area contributed by atoms with Gasteiger partial charge in [-0.2, -0.15) is 0 Å². The highest BCUT2D eigenvalue weighted by molar-refractivity contribution is 7.12. The van der Waals surface area contributed by atoms with Gasteiger partial charge in [-0.3, -0.25) is 0 Å². The quantitative estimate of drug-likeness (QED) is 0.720. The van der Waals surface area contributed by atoms with Crippen molar-refractivity contribution in [2.24, 2.45) is 0 Å². The van der Waals surface area contributed by atoms with Crippen molar-refractivity contribution in [2.75, 3.05) is 20.6 Å². The van der Waals surface area contributed by atoms with E-state index in [2.05, 4.69) is 31.1 Å². The fourth-order valence-electron chi connectivity index (χ4n) is 1.69. The first-order valence-corrected chi connectivity index (χ1v) is 6.30. The fourth-order valence-corrected chi connectivity index (χ4v) is 2.91. The second-order valence-corrected chi connectivity index (χ2v) is 5.69. The Morgan fingerprint density at radius 2 is 2.14 bits per heavy atom. The first-order valence-electron chi connectivity index (χ1n) is 5.49. The van der Waals surface area contributed by atoms with Gasteiger partial charge in [0, 0.05) is 9.75 Å². The standard InChI is InChI=1S/C12H19NS/c1-13(2)9-3-4-11-7-8-12(14-11)10-5-6-10/h7-8,10H,3-6,9H2,1-2H3. The normalized spacial score (nSPS) is 16.5. The van der Waals surface area contributed by atoms with E-state index in [4.69, 9.17) is 0 Å². The van der Waals surface area contributed by atoms with Crippen LogP contribution in [0.25, 0.3) is 0 Å². The van der Waals surface area contributed by atoms with Gasteiger partial charge in [-0.1, -0.05) is 0 Å². The van der Waals surface area contributed by atoms with Crippen molar-refractivity contribution < 1.29 is 0 Å². The van der Waals surface area contributed by atoms with Crippen molar-refractivity contribution in [3.8, 4) is 0 Å². The largest absolute Gasteiger partial charge is 0.309 e. The topological polar surface area (TPSA) is 3.24 Å². The van der Waals surface area contributed by atoms with Gasteiger partial charge in [0.2, 0.25) is 0 Å². The minimum absolute atomic E-state index is 0.933. The van der Waals surface area contributed by atoms with E-state index in [-0.39, 0.29) is 0 Å². The van der Waals surface area contributed by atoms with Gasteiger partial charge in [-0.05, 0) is 64.4 Å². The molecule has 78 valence electrons. The molecule has 1 aliphatic carbocycles. The number of hydrogen-bond acceptors (Lipinski definition) is 2. The van der Waals surface area contributed by atoms with Gasteiger partial charge in [-0.15, -0.1) is 11.3 Å². The summed E-state index contributed by atoms with van der Waals surface area (Å²) in [6.45, 7) is 1.21. The number of rotatable bonds is 5. The summed E-state index contributed by atoms with van der Waals surface area (Å²) in [5, 5.41) is 0. The minimum atomic E-state index is 0.933. The smallest absolute Gasteiger partial charge is 0.00791 e. The lowest BCUT2D eigenvalue weighted by Crippen LogP contribution is -2.13. The molecule has 1 aromatic rings. The lowest BCUT2D eigenvalue weighted by Gasteiger charge is -2.07. The molecule has 0 bridgehead atoms. The van der Waals surface area contributed by atoms with Crippen LogP contribution in [0.3, 0.4) is 0 Å². The van der Waals surface area contributed by atoms with Gasteiger partial charge in [0.25, 0.3) is 0 Å². The molecule has 0 aliphatic heterocycles. The summed E-state index contributed by atoms with van der Waals surface area (Å²) in [5.74, 6) is 0.933. The minimum Gasteiger partial charge on any atom is -0.309 e. The Labute approximate surface area is 90.7 Å². The van der Waals surface area contributed by atoms with Crippen LogP contribution < -0.4 is 0 Å². The predicted molar refractivity (Wildman–Crippen MR) is 63.2 cm³/mol. The SMILES string of the molecule is CN(C)CCCc1ccc(C2CC2)s1. The van der Waals surface area contributed by atoms with Crippen LogP contribution in [-0.4, -0.2) is 25.5 Å². The molecule has 1 aliphatic rings. The average molecular weight is 209 g/mol. The number of thiophene rings is 1. The Kier molecular flexibility index (Phi) is 3.24. The van der Waals surface area contributed by atoms with Crippen molar-refractivity contribution in [3.05, 3.63) is 21.9 Å². The molecule has 0 spiro atoms. The average Bonchev–Trinajstić information content (AvgIpc) is 2.87. The summed E-state index contributed by atoms with van der Waals surface area (Å²) in [6, 6.07) is 4.67. The van der Waals surface area contributed by atoms with Gasteiger partial charge < -0.3 is 4.90 Å². The summed E-state index contributed by atoms with van der Waals surface area (Å²) < 4.78 is 0. The van der Waals surface area contributed by atoms with Crippen molar-refractivity contribution in [1.82, 2.24) is 4.90 Å². The molecular weight excluding hydrogens is 190 g/mol. The van der Waals surface area contributed by atoms with E-state index in [0.29, 0.717) is 0 Å². The Morgan fingerprint density at radius 1 is 1.36 bits per heavy atom. The molecule has 1 heterocycles. The molecular formula is C12H19NS. The van der Waals surface area contributed by atoms with Crippen LogP contribution in [0.4, 0.5) is 0 Å². The molecule has 1 aromatic heterocycles. The molecule has 2 rings (SSSR count). The summed E-state index contributed by atoms with van der Waals surface area (Å²) in [7, 11) is 4.29. The maximum atomic E-state index is 2.34. The molecule has 0 amide bonds. The van der Waals surface area contributed by atoms with Crippen molar-refractivity contribution in [2.45, 2.75) is 31.6 Å². The van der Waals surface area contributed by atoms with E-state index in [9.17, 15) is 0 Å². The highest BCUT2D eigenvalue weighted by atomic mass is 32.1. The van der Waals surface area contributed by atoms with Crippen LogP contribution in [0, 0.1) is 0 Å². The molecule has 0 saturated heterocycles. The van der Waals surface area contributed by atoms with Crippen molar-refractivity contribution in [3.63, 3.8) is 0 Å². The lowest BCUT2D eigenvalue weighted by atomic mass is 10.2. The molecule has 0 N–H and O–H groups in total. The van der Waals surface area contributed by atoms with Gasteiger partial charge >= 0.3 is 0 Å². The van der Waals surface area contributed by atoms with Crippen LogP contribution in [0.2, 0.25) is 0 Å². The Morgan fingerprint density at radius 3 is 2.79 bits per heavy atom. The second kappa shape index (κ2) is 4.45. The van der Waals surface area contributed by atoms with Crippen LogP contribution in [-0.2, 0) is 6.42 Å². The van der Waals surface area contributed by atoms with Gasteiger partial charge in [0.1, 0.15) is 0 Å². The van der Waals surface area contributed by atoms with Crippen LogP contribution in [0.15, 0.2) is 12.1 Å². The highest BCUT2D eigenvalue weighted by Gasteiger charge is 2.24. The zero-order valence-electron chi connectivity index (χ0n) is 9.12. The maximum Gasteiger partial charge on any atom is 0.00791 e.